The maximum absolute atomic E-state index is 5.75. The minimum absolute atomic E-state index is 0.302. The first-order valence-corrected chi connectivity index (χ1v) is 7.35. The summed E-state index contributed by atoms with van der Waals surface area (Å²) in [4.78, 5) is 1.39. The van der Waals surface area contributed by atoms with Crippen molar-refractivity contribution in [3.63, 3.8) is 0 Å². The maximum Gasteiger partial charge on any atom is 0.0728 e. The molecule has 1 rings (SSSR count). The third-order valence-electron chi connectivity index (χ3n) is 2.65. The molecule has 2 unspecified atom stereocenters. The molecule has 0 aliphatic carbocycles. The van der Waals surface area contributed by atoms with E-state index in [2.05, 4.69) is 47.2 Å². The van der Waals surface area contributed by atoms with E-state index in [4.69, 9.17) is 4.74 Å². The number of hydrogen-bond donors (Lipinski definition) is 1. The second-order valence-electron chi connectivity index (χ2n) is 3.71. The number of halogens is 1. The van der Waals surface area contributed by atoms with Crippen LogP contribution in [0.15, 0.2) is 15.9 Å². The molecule has 0 fully saturated rings. The van der Waals surface area contributed by atoms with Crippen LogP contribution in [0.4, 0.5) is 0 Å². The topological polar surface area (TPSA) is 21.3 Å². The molecule has 0 amide bonds. The van der Waals surface area contributed by atoms with E-state index in [0.29, 0.717) is 12.1 Å². The highest BCUT2D eigenvalue weighted by Crippen LogP contribution is 2.24. The van der Waals surface area contributed by atoms with Crippen molar-refractivity contribution in [2.75, 3.05) is 13.7 Å². The van der Waals surface area contributed by atoms with Crippen LogP contribution < -0.4 is 5.32 Å². The molecule has 0 aliphatic heterocycles. The average molecular weight is 306 g/mol. The van der Waals surface area contributed by atoms with Crippen LogP contribution in [0, 0.1) is 0 Å². The summed E-state index contributed by atoms with van der Waals surface area (Å²) in [6, 6.07) is 4.68. The smallest absolute Gasteiger partial charge is 0.0728 e. The highest BCUT2D eigenvalue weighted by Gasteiger charge is 2.19. The van der Waals surface area contributed by atoms with Gasteiger partial charge in [0.2, 0.25) is 0 Å². The Morgan fingerprint density at radius 2 is 2.19 bits per heavy atom. The second kappa shape index (κ2) is 7.43. The molecule has 1 aromatic rings. The van der Waals surface area contributed by atoms with Crippen molar-refractivity contribution in [3.8, 4) is 0 Å². The van der Waals surface area contributed by atoms with Crippen molar-refractivity contribution >= 4 is 27.3 Å². The Kier molecular flexibility index (Phi) is 6.58. The van der Waals surface area contributed by atoms with Crippen LogP contribution in [0.25, 0.3) is 0 Å². The van der Waals surface area contributed by atoms with Gasteiger partial charge in [-0.05, 0) is 54.9 Å². The van der Waals surface area contributed by atoms with Gasteiger partial charge in [-0.15, -0.1) is 11.3 Å². The lowest BCUT2D eigenvalue weighted by atomic mass is 10.0. The number of nitrogens with one attached hydrogen (secondary N) is 1. The van der Waals surface area contributed by atoms with E-state index in [9.17, 15) is 0 Å². The molecule has 1 heterocycles. The van der Waals surface area contributed by atoms with Gasteiger partial charge in [-0.1, -0.05) is 6.92 Å². The van der Waals surface area contributed by atoms with E-state index in [0.717, 1.165) is 19.4 Å². The predicted octanol–water partition coefficient (Wildman–Crippen LogP) is 3.46. The molecule has 0 saturated carbocycles. The maximum atomic E-state index is 5.75. The van der Waals surface area contributed by atoms with Gasteiger partial charge in [-0.2, -0.15) is 0 Å². The zero-order chi connectivity index (χ0) is 12.0. The summed E-state index contributed by atoms with van der Waals surface area (Å²) in [6.45, 7) is 5.01. The predicted molar refractivity (Wildman–Crippen MR) is 74.3 cm³/mol. The monoisotopic (exact) mass is 305 g/mol. The molecule has 0 spiro atoms. The standard InChI is InChI=1S/C12H20BrNOS/c1-4-11(15-5-2)10(14-3)8-9-6-7-12(13)16-9/h6-7,10-11,14H,4-5,8H2,1-3H3. The number of ether oxygens (including phenoxy) is 1. The number of likely N-dealkylation sites (N-methyl/N-ethyl adjacent to an activating group) is 1. The largest absolute Gasteiger partial charge is 0.377 e. The van der Waals surface area contributed by atoms with Crippen LogP contribution in [0.3, 0.4) is 0 Å². The highest BCUT2D eigenvalue weighted by molar-refractivity contribution is 9.11. The fraction of sp³-hybridized carbons (Fsp3) is 0.667. The Balaban J connectivity index is 2.59. The lowest BCUT2D eigenvalue weighted by Crippen LogP contribution is -2.40. The molecule has 1 N–H and O–H groups in total. The first-order chi connectivity index (χ1) is 7.71. The first-order valence-electron chi connectivity index (χ1n) is 5.74. The molecule has 0 saturated heterocycles. The molecular formula is C12H20BrNOS. The van der Waals surface area contributed by atoms with Gasteiger partial charge in [-0.3, -0.25) is 0 Å². The molecule has 2 nitrogen and oxygen atoms in total. The first kappa shape index (κ1) is 14.2. The van der Waals surface area contributed by atoms with E-state index in [1.165, 1.54) is 8.66 Å². The van der Waals surface area contributed by atoms with Crippen LogP contribution in [-0.4, -0.2) is 25.8 Å². The van der Waals surface area contributed by atoms with Crippen molar-refractivity contribution in [3.05, 3.63) is 20.8 Å². The molecule has 16 heavy (non-hydrogen) atoms. The average Bonchev–Trinajstić information content (AvgIpc) is 2.69. The van der Waals surface area contributed by atoms with Crippen molar-refractivity contribution in [2.45, 2.75) is 38.8 Å². The number of thiophene rings is 1. The van der Waals surface area contributed by atoms with Gasteiger partial charge in [0.15, 0.2) is 0 Å². The Bertz CT molecular complexity index is 303. The van der Waals surface area contributed by atoms with E-state index in [-0.39, 0.29) is 0 Å². The van der Waals surface area contributed by atoms with Crippen molar-refractivity contribution < 1.29 is 4.74 Å². The lowest BCUT2D eigenvalue weighted by Gasteiger charge is -2.25. The van der Waals surface area contributed by atoms with Crippen LogP contribution in [0.2, 0.25) is 0 Å². The summed E-state index contributed by atoms with van der Waals surface area (Å²) in [5, 5.41) is 3.36. The summed E-state index contributed by atoms with van der Waals surface area (Å²) >= 11 is 5.29. The van der Waals surface area contributed by atoms with E-state index in [1.807, 2.05) is 7.05 Å². The van der Waals surface area contributed by atoms with Crippen LogP contribution in [0.1, 0.15) is 25.1 Å². The Hall–Kier alpha value is 0.1000. The van der Waals surface area contributed by atoms with Gasteiger partial charge < -0.3 is 10.1 Å². The van der Waals surface area contributed by atoms with Gasteiger partial charge in [0.1, 0.15) is 0 Å². The lowest BCUT2D eigenvalue weighted by molar-refractivity contribution is 0.0341. The SMILES string of the molecule is CCOC(CC)C(Cc1ccc(Br)s1)NC. The molecule has 2 atom stereocenters. The third kappa shape index (κ3) is 4.17. The van der Waals surface area contributed by atoms with Gasteiger partial charge in [0.25, 0.3) is 0 Å². The van der Waals surface area contributed by atoms with Gasteiger partial charge in [0, 0.05) is 17.5 Å². The molecule has 4 heteroatoms. The van der Waals surface area contributed by atoms with Crippen molar-refractivity contribution in [1.82, 2.24) is 5.32 Å². The minimum Gasteiger partial charge on any atom is -0.377 e. The molecule has 92 valence electrons. The Labute approximate surface area is 111 Å². The quantitative estimate of drug-likeness (QED) is 0.833. The van der Waals surface area contributed by atoms with E-state index in [1.54, 1.807) is 11.3 Å². The van der Waals surface area contributed by atoms with Crippen LogP contribution in [0.5, 0.6) is 0 Å². The van der Waals surface area contributed by atoms with Gasteiger partial charge in [0.05, 0.1) is 9.89 Å². The highest BCUT2D eigenvalue weighted by atomic mass is 79.9. The summed E-state index contributed by atoms with van der Waals surface area (Å²) in [5.41, 5.74) is 0. The molecule has 0 bridgehead atoms. The zero-order valence-corrected chi connectivity index (χ0v) is 12.5. The molecule has 0 aliphatic rings. The zero-order valence-electron chi connectivity index (χ0n) is 10.1. The van der Waals surface area contributed by atoms with E-state index >= 15 is 0 Å². The van der Waals surface area contributed by atoms with Crippen molar-refractivity contribution in [1.29, 1.82) is 0 Å². The fourth-order valence-corrected chi connectivity index (χ4v) is 3.37. The molecular weight excluding hydrogens is 286 g/mol. The summed E-state index contributed by atoms with van der Waals surface area (Å²) in [7, 11) is 2.01. The second-order valence-corrected chi connectivity index (χ2v) is 6.25. The number of rotatable bonds is 7. The van der Waals surface area contributed by atoms with Gasteiger partial charge >= 0.3 is 0 Å². The van der Waals surface area contributed by atoms with Crippen molar-refractivity contribution in [2.24, 2.45) is 0 Å². The summed E-state index contributed by atoms with van der Waals surface area (Å²) < 4.78 is 6.95. The third-order valence-corrected chi connectivity index (χ3v) is 4.30. The Morgan fingerprint density at radius 1 is 1.44 bits per heavy atom. The van der Waals surface area contributed by atoms with Crippen LogP contribution >= 0.6 is 27.3 Å². The van der Waals surface area contributed by atoms with Gasteiger partial charge in [-0.25, -0.2) is 0 Å². The fourth-order valence-electron chi connectivity index (χ4n) is 1.83. The van der Waals surface area contributed by atoms with E-state index < -0.39 is 0 Å². The Morgan fingerprint density at radius 3 is 2.62 bits per heavy atom. The normalized spacial score (nSPS) is 15.0. The molecule has 1 aromatic heterocycles. The summed E-state index contributed by atoms with van der Waals surface area (Å²) in [5.74, 6) is 0. The minimum atomic E-state index is 0.302. The molecule has 0 radical (unpaired) electrons. The number of hydrogen-bond acceptors (Lipinski definition) is 3. The molecule has 0 aromatic carbocycles. The summed E-state index contributed by atoms with van der Waals surface area (Å²) in [6.07, 6.45) is 2.38. The van der Waals surface area contributed by atoms with Crippen LogP contribution in [-0.2, 0) is 11.2 Å².